The third kappa shape index (κ3) is 4.17. The fourth-order valence-corrected chi connectivity index (χ4v) is 4.50. The Hall–Kier alpha value is -4.38. The molecule has 4 aromatic rings. The summed E-state index contributed by atoms with van der Waals surface area (Å²) in [5, 5.41) is 13.3. The number of hydrogen-bond donors (Lipinski definition) is 1. The third-order valence-corrected chi connectivity index (χ3v) is 6.07. The molecule has 5 rings (SSSR count). The zero-order valence-corrected chi connectivity index (χ0v) is 19.5. The number of aliphatic hydroxyl groups is 1. The number of hydrogen-bond acceptors (Lipinski definition) is 4. The van der Waals surface area contributed by atoms with Gasteiger partial charge >= 0.3 is 0 Å². The van der Waals surface area contributed by atoms with Crippen molar-refractivity contribution in [3.8, 4) is 5.75 Å². The van der Waals surface area contributed by atoms with Gasteiger partial charge in [0, 0.05) is 11.3 Å². The van der Waals surface area contributed by atoms with E-state index in [4.69, 9.17) is 4.74 Å². The molecule has 1 atom stereocenters. The molecular weight excluding hydrogens is 438 g/mol. The van der Waals surface area contributed by atoms with Gasteiger partial charge in [-0.1, -0.05) is 66.7 Å². The van der Waals surface area contributed by atoms with Gasteiger partial charge in [0.1, 0.15) is 11.5 Å². The van der Waals surface area contributed by atoms with Gasteiger partial charge in [-0.05, 0) is 60.5 Å². The summed E-state index contributed by atoms with van der Waals surface area (Å²) in [6.45, 7) is 3.89. The molecule has 5 heteroatoms. The molecule has 0 radical (unpaired) electrons. The summed E-state index contributed by atoms with van der Waals surface area (Å²) in [7, 11) is 0. The highest BCUT2D eigenvalue weighted by atomic mass is 16.5. The maximum Gasteiger partial charge on any atom is 0.300 e. The number of Topliss-reactive ketones (excluding diaryl/α,β-unsaturated/α-hetero) is 1. The molecular formula is C30H25NO4. The van der Waals surface area contributed by atoms with Gasteiger partial charge in [0.05, 0.1) is 17.7 Å². The van der Waals surface area contributed by atoms with E-state index in [1.807, 2.05) is 92.7 Å². The summed E-state index contributed by atoms with van der Waals surface area (Å²) in [4.78, 5) is 28.0. The van der Waals surface area contributed by atoms with Crippen LogP contribution in [0.5, 0.6) is 5.75 Å². The minimum atomic E-state index is -0.781. The molecule has 1 heterocycles. The molecule has 1 aliphatic rings. The molecule has 0 aliphatic carbocycles. The van der Waals surface area contributed by atoms with Crippen molar-refractivity contribution in [2.24, 2.45) is 0 Å². The monoisotopic (exact) mass is 463 g/mol. The van der Waals surface area contributed by atoms with Gasteiger partial charge in [-0.25, -0.2) is 0 Å². The smallest absolute Gasteiger partial charge is 0.300 e. The fourth-order valence-electron chi connectivity index (χ4n) is 4.50. The van der Waals surface area contributed by atoms with Crippen molar-refractivity contribution in [3.63, 3.8) is 0 Å². The standard InChI is InChI=1S/C30H25NO4/c1-19(2)35-25-16-14-21(15-17-25)27-26(29(33)30(34)31(27)24-10-4-3-5-11-24)28(32)23-13-12-20-8-6-7-9-22(20)18-23/h3-19,27,32H,1-2H3/b28-26-. The highest BCUT2D eigenvalue weighted by molar-refractivity contribution is 6.51. The van der Waals surface area contributed by atoms with Crippen molar-refractivity contribution < 1.29 is 19.4 Å². The van der Waals surface area contributed by atoms with Crippen LogP contribution < -0.4 is 9.64 Å². The Labute approximate surface area is 203 Å². The topological polar surface area (TPSA) is 66.8 Å². The molecule has 35 heavy (non-hydrogen) atoms. The van der Waals surface area contributed by atoms with Crippen LogP contribution >= 0.6 is 0 Å². The van der Waals surface area contributed by atoms with Crippen LogP contribution in [0.25, 0.3) is 16.5 Å². The normalized spacial score (nSPS) is 17.3. The molecule has 5 nitrogen and oxygen atoms in total. The number of rotatable bonds is 5. The van der Waals surface area contributed by atoms with Crippen LogP contribution in [0.15, 0.2) is 103 Å². The molecule has 0 saturated carbocycles. The van der Waals surface area contributed by atoms with Crippen LogP contribution in [0.2, 0.25) is 0 Å². The molecule has 1 aliphatic heterocycles. The van der Waals surface area contributed by atoms with Crippen LogP contribution in [0.3, 0.4) is 0 Å². The number of benzene rings is 4. The molecule has 174 valence electrons. The Morgan fingerprint density at radius 2 is 1.49 bits per heavy atom. The predicted molar refractivity (Wildman–Crippen MR) is 137 cm³/mol. The lowest BCUT2D eigenvalue weighted by Gasteiger charge is -2.25. The lowest BCUT2D eigenvalue weighted by Crippen LogP contribution is -2.29. The van der Waals surface area contributed by atoms with Gasteiger partial charge in [0.15, 0.2) is 0 Å². The maximum atomic E-state index is 13.3. The van der Waals surface area contributed by atoms with Gasteiger partial charge in [-0.15, -0.1) is 0 Å². The molecule has 0 bridgehead atoms. The molecule has 1 amide bonds. The Bertz CT molecular complexity index is 1440. The number of nitrogens with zero attached hydrogens (tertiary/aromatic N) is 1. The first-order chi connectivity index (χ1) is 16.9. The number of carbonyl (C=O) groups excluding carboxylic acids is 2. The second-order valence-electron chi connectivity index (χ2n) is 8.80. The average molecular weight is 464 g/mol. The van der Waals surface area contributed by atoms with Crippen molar-refractivity contribution in [1.29, 1.82) is 0 Å². The highest BCUT2D eigenvalue weighted by Crippen LogP contribution is 2.42. The molecule has 0 spiro atoms. The van der Waals surface area contributed by atoms with Crippen molar-refractivity contribution in [2.45, 2.75) is 26.0 Å². The SMILES string of the molecule is CC(C)Oc1ccc(C2/C(=C(/O)c3ccc4ccccc4c3)C(=O)C(=O)N2c2ccccc2)cc1. The number of amides is 1. The minimum Gasteiger partial charge on any atom is -0.507 e. The second kappa shape index (κ2) is 9.11. The van der Waals surface area contributed by atoms with E-state index in [1.165, 1.54) is 4.90 Å². The summed E-state index contributed by atoms with van der Waals surface area (Å²) < 4.78 is 5.76. The molecule has 0 aromatic heterocycles. The summed E-state index contributed by atoms with van der Waals surface area (Å²) in [6.07, 6.45) is 0.0173. The van der Waals surface area contributed by atoms with E-state index >= 15 is 0 Å². The predicted octanol–water partition coefficient (Wildman–Crippen LogP) is 6.25. The van der Waals surface area contributed by atoms with E-state index < -0.39 is 17.7 Å². The summed E-state index contributed by atoms with van der Waals surface area (Å²) in [5.74, 6) is -0.895. The second-order valence-corrected chi connectivity index (χ2v) is 8.80. The van der Waals surface area contributed by atoms with Crippen LogP contribution in [-0.2, 0) is 9.59 Å². The van der Waals surface area contributed by atoms with Crippen LogP contribution in [0.4, 0.5) is 5.69 Å². The molecule has 4 aromatic carbocycles. The van der Waals surface area contributed by atoms with Gasteiger partial charge in [-0.2, -0.15) is 0 Å². The summed E-state index contributed by atoms with van der Waals surface area (Å²) >= 11 is 0. The average Bonchev–Trinajstić information content (AvgIpc) is 3.14. The van der Waals surface area contributed by atoms with E-state index in [0.29, 0.717) is 22.6 Å². The van der Waals surface area contributed by atoms with Gasteiger partial charge in [-0.3, -0.25) is 14.5 Å². The zero-order chi connectivity index (χ0) is 24.5. The third-order valence-electron chi connectivity index (χ3n) is 6.07. The van der Waals surface area contributed by atoms with E-state index in [0.717, 1.165) is 10.8 Å². The van der Waals surface area contributed by atoms with E-state index in [2.05, 4.69) is 0 Å². The van der Waals surface area contributed by atoms with E-state index in [-0.39, 0.29) is 17.4 Å². The van der Waals surface area contributed by atoms with E-state index in [1.54, 1.807) is 18.2 Å². The first-order valence-corrected chi connectivity index (χ1v) is 11.6. The Balaban J connectivity index is 1.68. The van der Waals surface area contributed by atoms with Gasteiger partial charge < -0.3 is 9.84 Å². The van der Waals surface area contributed by atoms with Crippen molar-refractivity contribution in [3.05, 3.63) is 114 Å². The van der Waals surface area contributed by atoms with Gasteiger partial charge in [0.25, 0.3) is 11.7 Å². The van der Waals surface area contributed by atoms with Crippen molar-refractivity contribution in [2.75, 3.05) is 4.90 Å². The minimum absolute atomic E-state index is 0.0173. The number of fused-ring (bicyclic) bond motifs is 1. The first-order valence-electron chi connectivity index (χ1n) is 11.6. The lowest BCUT2D eigenvalue weighted by molar-refractivity contribution is -0.132. The Morgan fingerprint density at radius 1 is 0.829 bits per heavy atom. The maximum absolute atomic E-state index is 13.3. The van der Waals surface area contributed by atoms with Crippen LogP contribution in [-0.4, -0.2) is 22.9 Å². The van der Waals surface area contributed by atoms with Crippen LogP contribution in [0.1, 0.15) is 31.0 Å². The molecule has 1 unspecified atom stereocenters. The number of ether oxygens (including phenoxy) is 1. The van der Waals surface area contributed by atoms with Crippen molar-refractivity contribution >= 4 is 33.9 Å². The number of ketones is 1. The Morgan fingerprint density at radius 3 is 2.17 bits per heavy atom. The molecule has 1 saturated heterocycles. The lowest BCUT2D eigenvalue weighted by atomic mass is 9.94. The largest absolute Gasteiger partial charge is 0.507 e. The number of aliphatic hydroxyl groups excluding tert-OH is 1. The fraction of sp³-hybridized carbons (Fsp3) is 0.133. The quantitative estimate of drug-likeness (QED) is 0.216. The Kier molecular flexibility index (Phi) is 5.83. The number of para-hydroxylation sites is 1. The zero-order valence-electron chi connectivity index (χ0n) is 19.5. The molecule has 1 N–H and O–H groups in total. The van der Waals surface area contributed by atoms with Crippen LogP contribution in [0, 0.1) is 0 Å². The van der Waals surface area contributed by atoms with Crippen molar-refractivity contribution in [1.82, 2.24) is 0 Å². The highest BCUT2D eigenvalue weighted by Gasteiger charge is 2.46. The number of anilines is 1. The van der Waals surface area contributed by atoms with Gasteiger partial charge in [0.2, 0.25) is 0 Å². The first kappa shape index (κ1) is 22.4. The summed E-state index contributed by atoms with van der Waals surface area (Å²) in [5.41, 5.74) is 1.83. The van der Waals surface area contributed by atoms with E-state index in [9.17, 15) is 14.7 Å². The molecule has 1 fully saturated rings. The number of carbonyl (C=O) groups is 2. The summed E-state index contributed by atoms with van der Waals surface area (Å²) in [6, 6.07) is 28.8.